The van der Waals surface area contributed by atoms with Crippen LogP contribution in [-0.4, -0.2) is 45.2 Å². The predicted molar refractivity (Wildman–Crippen MR) is 68.7 cm³/mol. The maximum absolute atomic E-state index is 9.98. The lowest BCUT2D eigenvalue weighted by Gasteiger charge is -2.14. The minimum Gasteiger partial charge on any atom is -0.463 e. The smallest absolute Gasteiger partial charge is 0.152 e. The van der Waals surface area contributed by atoms with Gasteiger partial charge in [-0.25, -0.2) is 4.98 Å². The Morgan fingerprint density at radius 1 is 1.10 bits per heavy atom. The quantitative estimate of drug-likeness (QED) is 0.756. The molecule has 1 fully saturated rings. The topological polar surface area (TPSA) is 96.0 Å². The normalized spacial score (nSPS) is 29.8. The molecule has 0 spiro atoms. The third-order valence-electron chi connectivity index (χ3n) is 3.38. The van der Waals surface area contributed by atoms with Crippen LogP contribution in [-0.2, 0) is 4.74 Å². The van der Waals surface area contributed by atoms with Crippen molar-refractivity contribution in [1.29, 1.82) is 0 Å². The van der Waals surface area contributed by atoms with Crippen molar-refractivity contribution in [3.05, 3.63) is 42.3 Å². The second kappa shape index (κ2) is 5.34. The summed E-state index contributed by atoms with van der Waals surface area (Å²) in [4.78, 5) is 4.38. The minimum atomic E-state index is -1.13. The fraction of sp³-hybridized carbons (Fsp3) is 0.357. The SMILES string of the molecule is OC[C@H]1O[C@@H](c2cccc(-c3ccco3)n2)[C@H](O)[C@@H]1O. The Morgan fingerprint density at radius 3 is 2.60 bits per heavy atom. The maximum Gasteiger partial charge on any atom is 0.152 e. The number of ether oxygens (including phenoxy) is 1. The van der Waals surface area contributed by atoms with Crippen LogP contribution < -0.4 is 0 Å². The van der Waals surface area contributed by atoms with Crippen molar-refractivity contribution < 1.29 is 24.5 Å². The highest BCUT2D eigenvalue weighted by Crippen LogP contribution is 2.33. The van der Waals surface area contributed by atoms with Crippen molar-refractivity contribution >= 4 is 0 Å². The van der Waals surface area contributed by atoms with E-state index in [2.05, 4.69) is 4.98 Å². The average molecular weight is 277 g/mol. The number of nitrogens with zero attached hydrogens (tertiary/aromatic N) is 1. The van der Waals surface area contributed by atoms with Gasteiger partial charge in [-0.05, 0) is 24.3 Å². The standard InChI is InChI=1S/C14H15NO5/c16-7-11-12(17)13(18)14(20-11)9-4-1-3-8(15-9)10-5-2-6-19-10/h1-6,11-14,16-18H,7H2/t11-,12-,13-,14+/m1/s1. The minimum absolute atomic E-state index is 0.355. The fourth-order valence-corrected chi connectivity index (χ4v) is 2.32. The molecule has 0 radical (unpaired) electrons. The molecule has 20 heavy (non-hydrogen) atoms. The van der Waals surface area contributed by atoms with Crippen LogP contribution in [0.15, 0.2) is 41.0 Å². The van der Waals surface area contributed by atoms with Gasteiger partial charge in [0, 0.05) is 0 Å². The Kier molecular flexibility index (Phi) is 3.54. The van der Waals surface area contributed by atoms with Gasteiger partial charge < -0.3 is 24.5 Å². The molecule has 0 bridgehead atoms. The van der Waals surface area contributed by atoms with Gasteiger partial charge in [-0.1, -0.05) is 6.07 Å². The predicted octanol–water partition coefficient (Wildman–Crippen LogP) is 0.496. The number of pyridine rings is 1. The molecule has 6 heteroatoms. The molecule has 3 N–H and O–H groups in total. The summed E-state index contributed by atoms with van der Waals surface area (Å²) in [6.45, 7) is -0.355. The van der Waals surface area contributed by atoms with Crippen LogP contribution >= 0.6 is 0 Å². The van der Waals surface area contributed by atoms with E-state index in [0.717, 1.165) is 0 Å². The van der Waals surface area contributed by atoms with Gasteiger partial charge in [-0.3, -0.25) is 0 Å². The van der Waals surface area contributed by atoms with E-state index < -0.39 is 24.4 Å². The monoisotopic (exact) mass is 277 g/mol. The molecule has 2 aromatic rings. The molecule has 2 aromatic heterocycles. The fourth-order valence-electron chi connectivity index (χ4n) is 2.32. The first-order chi connectivity index (χ1) is 9.70. The van der Waals surface area contributed by atoms with E-state index in [1.54, 1.807) is 36.6 Å². The van der Waals surface area contributed by atoms with Crippen molar-refractivity contribution in [3.63, 3.8) is 0 Å². The van der Waals surface area contributed by atoms with Crippen molar-refractivity contribution in [1.82, 2.24) is 4.98 Å². The highest BCUT2D eigenvalue weighted by Gasteiger charge is 2.43. The molecule has 4 atom stereocenters. The number of aromatic nitrogens is 1. The van der Waals surface area contributed by atoms with E-state index >= 15 is 0 Å². The molecule has 0 amide bonds. The van der Waals surface area contributed by atoms with E-state index in [-0.39, 0.29) is 6.61 Å². The summed E-state index contributed by atoms with van der Waals surface area (Å²) in [5, 5.41) is 28.8. The van der Waals surface area contributed by atoms with E-state index in [9.17, 15) is 10.2 Å². The third-order valence-corrected chi connectivity index (χ3v) is 3.38. The molecule has 0 unspecified atom stereocenters. The van der Waals surface area contributed by atoms with E-state index in [4.69, 9.17) is 14.3 Å². The highest BCUT2D eigenvalue weighted by molar-refractivity contribution is 5.51. The van der Waals surface area contributed by atoms with Crippen molar-refractivity contribution in [2.45, 2.75) is 24.4 Å². The molecular weight excluding hydrogens is 262 g/mol. The Labute approximate surface area is 115 Å². The molecule has 3 heterocycles. The number of hydrogen-bond donors (Lipinski definition) is 3. The Morgan fingerprint density at radius 2 is 1.95 bits per heavy atom. The van der Waals surface area contributed by atoms with E-state index in [0.29, 0.717) is 17.1 Å². The van der Waals surface area contributed by atoms with Crippen LogP contribution in [0.3, 0.4) is 0 Å². The van der Waals surface area contributed by atoms with Crippen LogP contribution in [0.5, 0.6) is 0 Å². The Balaban J connectivity index is 1.90. The van der Waals surface area contributed by atoms with Gasteiger partial charge in [0.05, 0.1) is 18.6 Å². The summed E-state index contributed by atoms with van der Waals surface area (Å²) in [5.74, 6) is 0.610. The van der Waals surface area contributed by atoms with Crippen LogP contribution in [0, 0.1) is 0 Å². The molecule has 0 saturated carbocycles. The largest absolute Gasteiger partial charge is 0.463 e. The Bertz CT molecular complexity index is 571. The second-order valence-corrected chi connectivity index (χ2v) is 4.68. The lowest BCUT2D eigenvalue weighted by Crippen LogP contribution is -2.32. The third kappa shape index (κ3) is 2.23. The molecule has 6 nitrogen and oxygen atoms in total. The summed E-state index contributed by atoms with van der Waals surface area (Å²) >= 11 is 0. The molecule has 106 valence electrons. The molecular formula is C14H15NO5. The van der Waals surface area contributed by atoms with Crippen LogP contribution in [0.1, 0.15) is 11.8 Å². The van der Waals surface area contributed by atoms with Gasteiger partial charge in [0.1, 0.15) is 30.1 Å². The average Bonchev–Trinajstić information content (AvgIpc) is 3.10. The first-order valence-electron chi connectivity index (χ1n) is 6.34. The summed E-state index contributed by atoms with van der Waals surface area (Å²) in [6, 6.07) is 8.80. The lowest BCUT2D eigenvalue weighted by molar-refractivity contribution is -0.0239. The van der Waals surface area contributed by atoms with Crippen LogP contribution in [0.4, 0.5) is 0 Å². The van der Waals surface area contributed by atoms with Crippen LogP contribution in [0.25, 0.3) is 11.5 Å². The van der Waals surface area contributed by atoms with Gasteiger partial charge >= 0.3 is 0 Å². The zero-order valence-electron chi connectivity index (χ0n) is 10.6. The summed E-state index contributed by atoms with van der Waals surface area (Å²) < 4.78 is 10.7. The Hall–Kier alpha value is -1.73. The van der Waals surface area contributed by atoms with Gasteiger partial charge in [0.25, 0.3) is 0 Å². The molecule has 1 saturated heterocycles. The number of rotatable bonds is 3. The van der Waals surface area contributed by atoms with Gasteiger partial charge in [-0.2, -0.15) is 0 Å². The number of hydrogen-bond acceptors (Lipinski definition) is 6. The van der Waals surface area contributed by atoms with E-state index in [1.165, 1.54) is 0 Å². The number of furan rings is 1. The molecule has 0 aliphatic carbocycles. The van der Waals surface area contributed by atoms with Crippen LogP contribution in [0.2, 0.25) is 0 Å². The second-order valence-electron chi connectivity index (χ2n) is 4.68. The van der Waals surface area contributed by atoms with Gasteiger partial charge in [0.15, 0.2) is 5.76 Å². The molecule has 0 aromatic carbocycles. The van der Waals surface area contributed by atoms with Crippen molar-refractivity contribution in [2.75, 3.05) is 6.61 Å². The summed E-state index contributed by atoms with van der Waals surface area (Å²) in [6.07, 6.45) is -2.26. The first-order valence-corrected chi connectivity index (χ1v) is 6.34. The molecule has 1 aliphatic rings. The van der Waals surface area contributed by atoms with E-state index in [1.807, 2.05) is 0 Å². The maximum atomic E-state index is 9.98. The first kappa shape index (κ1) is 13.3. The summed E-state index contributed by atoms with van der Waals surface area (Å²) in [5.41, 5.74) is 1.10. The van der Waals surface area contributed by atoms with Gasteiger partial charge in [-0.15, -0.1) is 0 Å². The summed E-state index contributed by atoms with van der Waals surface area (Å²) in [7, 11) is 0. The van der Waals surface area contributed by atoms with Crippen molar-refractivity contribution in [3.8, 4) is 11.5 Å². The highest BCUT2D eigenvalue weighted by atomic mass is 16.6. The molecule has 1 aliphatic heterocycles. The lowest BCUT2D eigenvalue weighted by atomic mass is 10.1. The number of aliphatic hydroxyl groups is 3. The van der Waals surface area contributed by atoms with Crippen molar-refractivity contribution in [2.24, 2.45) is 0 Å². The zero-order valence-corrected chi connectivity index (χ0v) is 10.6. The molecule has 3 rings (SSSR count). The van der Waals surface area contributed by atoms with Gasteiger partial charge in [0.2, 0.25) is 0 Å². The number of aliphatic hydroxyl groups excluding tert-OH is 3. The zero-order chi connectivity index (χ0) is 14.1.